The molecule has 1 aromatic heterocycles. The summed E-state index contributed by atoms with van der Waals surface area (Å²) >= 11 is 0. The first-order chi connectivity index (χ1) is 13.0. The van der Waals surface area contributed by atoms with Gasteiger partial charge in [0.1, 0.15) is 5.75 Å². The Bertz CT molecular complexity index is 762. The summed E-state index contributed by atoms with van der Waals surface area (Å²) in [5, 5.41) is 0. The molecule has 0 fully saturated rings. The molecule has 0 bridgehead atoms. The zero-order valence-electron chi connectivity index (χ0n) is 16.1. The SMILES string of the molecule is CCOC(=O)CCN(Cc1cccnc1)C(=O)COc1ccc(C)c(C)c1. The monoisotopic (exact) mass is 370 g/mol. The molecule has 0 radical (unpaired) electrons. The number of aryl methyl sites for hydroxylation is 2. The number of rotatable bonds is 9. The highest BCUT2D eigenvalue weighted by molar-refractivity contribution is 5.78. The van der Waals surface area contributed by atoms with Crippen molar-refractivity contribution in [1.29, 1.82) is 0 Å². The van der Waals surface area contributed by atoms with Crippen LogP contribution in [0.2, 0.25) is 0 Å². The molecule has 2 aromatic rings. The summed E-state index contributed by atoms with van der Waals surface area (Å²) in [5.41, 5.74) is 3.16. The topological polar surface area (TPSA) is 68.7 Å². The van der Waals surface area contributed by atoms with E-state index in [1.807, 2.05) is 44.2 Å². The molecular formula is C21H26N2O4. The second-order valence-electron chi connectivity index (χ2n) is 6.27. The van der Waals surface area contributed by atoms with Crippen molar-refractivity contribution in [3.05, 3.63) is 59.4 Å². The molecule has 1 aromatic carbocycles. The van der Waals surface area contributed by atoms with Gasteiger partial charge in [-0.15, -0.1) is 0 Å². The van der Waals surface area contributed by atoms with E-state index >= 15 is 0 Å². The quantitative estimate of drug-likeness (QED) is 0.635. The third-order valence-corrected chi connectivity index (χ3v) is 4.18. The average molecular weight is 370 g/mol. The van der Waals surface area contributed by atoms with Gasteiger partial charge in [-0.05, 0) is 55.7 Å². The molecule has 6 nitrogen and oxygen atoms in total. The second kappa shape index (κ2) is 10.3. The van der Waals surface area contributed by atoms with Crippen LogP contribution in [0.4, 0.5) is 0 Å². The molecule has 0 saturated heterocycles. The first-order valence-electron chi connectivity index (χ1n) is 9.02. The first kappa shape index (κ1) is 20.4. The number of carbonyl (C=O) groups is 2. The number of carbonyl (C=O) groups excluding carboxylic acids is 2. The van der Waals surface area contributed by atoms with Gasteiger partial charge in [0.2, 0.25) is 0 Å². The molecule has 0 unspecified atom stereocenters. The maximum Gasteiger partial charge on any atom is 0.307 e. The van der Waals surface area contributed by atoms with Crippen molar-refractivity contribution in [2.75, 3.05) is 19.8 Å². The average Bonchev–Trinajstić information content (AvgIpc) is 2.67. The van der Waals surface area contributed by atoms with Crippen LogP contribution in [-0.2, 0) is 20.9 Å². The molecule has 0 spiro atoms. The number of esters is 1. The minimum atomic E-state index is -0.323. The Labute approximate surface area is 160 Å². The van der Waals surface area contributed by atoms with E-state index in [1.165, 1.54) is 5.56 Å². The molecule has 0 aliphatic carbocycles. The molecule has 144 valence electrons. The normalized spacial score (nSPS) is 10.3. The minimum Gasteiger partial charge on any atom is -0.484 e. The molecule has 0 N–H and O–H groups in total. The number of amides is 1. The van der Waals surface area contributed by atoms with Crippen molar-refractivity contribution in [3.63, 3.8) is 0 Å². The van der Waals surface area contributed by atoms with Crippen molar-refractivity contribution in [2.45, 2.75) is 33.7 Å². The van der Waals surface area contributed by atoms with Gasteiger partial charge in [0.05, 0.1) is 13.0 Å². The van der Waals surface area contributed by atoms with E-state index in [9.17, 15) is 9.59 Å². The van der Waals surface area contributed by atoms with Crippen molar-refractivity contribution >= 4 is 11.9 Å². The number of hydrogen-bond acceptors (Lipinski definition) is 5. The Morgan fingerprint density at radius 2 is 1.96 bits per heavy atom. The predicted octanol–water partition coefficient (Wildman–Crippen LogP) is 3.06. The molecule has 1 amide bonds. The summed E-state index contributed by atoms with van der Waals surface area (Å²) in [7, 11) is 0. The van der Waals surface area contributed by atoms with Crippen LogP contribution in [0.5, 0.6) is 5.75 Å². The third-order valence-electron chi connectivity index (χ3n) is 4.18. The molecule has 2 rings (SSSR count). The Morgan fingerprint density at radius 3 is 2.63 bits per heavy atom. The number of hydrogen-bond donors (Lipinski definition) is 0. The summed E-state index contributed by atoms with van der Waals surface area (Å²) < 4.78 is 10.6. The van der Waals surface area contributed by atoms with Crippen molar-refractivity contribution in [3.8, 4) is 5.75 Å². The predicted molar refractivity (Wildman–Crippen MR) is 102 cm³/mol. The third kappa shape index (κ3) is 6.73. The van der Waals surface area contributed by atoms with Gasteiger partial charge in [-0.3, -0.25) is 14.6 Å². The van der Waals surface area contributed by atoms with Gasteiger partial charge in [-0.1, -0.05) is 12.1 Å². The van der Waals surface area contributed by atoms with Crippen LogP contribution in [0.15, 0.2) is 42.7 Å². The zero-order valence-corrected chi connectivity index (χ0v) is 16.1. The van der Waals surface area contributed by atoms with E-state index in [0.29, 0.717) is 18.9 Å². The maximum absolute atomic E-state index is 12.7. The Balaban J connectivity index is 2.00. The summed E-state index contributed by atoms with van der Waals surface area (Å²) in [6, 6.07) is 9.42. The van der Waals surface area contributed by atoms with Gasteiger partial charge in [0.25, 0.3) is 5.91 Å². The summed E-state index contributed by atoms with van der Waals surface area (Å²) in [5.74, 6) is 0.135. The van der Waals surface area contributed by atoms with Crippen molar-refractivity contribution < 1.29 is 19.1 Å². The number of nitrogens with zero attached hydrogens (tertiary/aromatic N) is 2. The number of aromatic nitrogens is 1. The van der Waals surface area contributed by atoms with Gasteiger partial charge < -0.3 is 14.4 Å². The summed E-state index contributed by atoms with van der Waals surface area (Å²) in [4.78, 5) is 30.0. The van der Waals surface area contributed by atoms with Gasteiger partial charge in [0.15, 0.2) is 6.61 Å². The Kier molecular flexibility index (Phi) is 7.79. The Hall–Kier alpha value is -2.89. The summed E-state index contributed by atoms with van der Waals surface area (Å²) in [6.45, 7) is 6.64. The lowest BCUT2D eigenvalue weighted by molar-refractivity contribution is -0.144. The van der Waals surface area contributed by atoms with E-state index in [0.717, 1.165) is 11.1 Å². The lowest BCUT2D eigenvalue weighted by Gasteiger charge is -2.22. The lowest BCUT2D eigenvalue weighted by Crippen LogP contribution is -2.36. The summed E-state index contributed by atoms with van der Waals surface area (Å²) in [6.07, 6.45) is 3.52. The fourth-order valence-corrected chi connectivity index (χ4v) is 2.50. The molecular weight excluding hydrogens is 344 g/mol. The van der Waals surface area contributed by atoms with E-state index in [1.54, 1.807) is 24.2 Å². The van der Waals surface area contributed by atoms with Crippen molar-refractivity contribution in [2.24, 2.45) is 0 Å². The van der Waals surface area contributed by atoms with E-state index < -0.39 is 0 Å². The first-order valence-corrected chi connectivity index (χ1v) is 9.02. The highest BCUT2D eigenvalue weighted by atomic mass is 16.5. The molecule has 27 heavy (non-hydrogen) atoms. The van der Waals surface area contributed by atoms with E-state index in [2.05, 4.69) is 4.98 Å². The van der Waals surface area contributed by atoms with Crippen LogP contribution in [0.1, 0.15) is 30.0 Å². The molecule has 0 atom stereocenters. The van der Waals surface area contributed by atoms with Crippen LogP contribution in [-0.4, -0.2) is 41.5 Å². The van der Waals surface area contributed by atoms with Gasteiger partial charge in [-0.25, -0.2) is 0 Å². The highest BCUT2D eigenvalue weighted by Gasteiger charge is 2.17. The number of benzene rings is 1. The molecule has 6 heteroatoms. The highest BCUT2D eigenvalue weighted by Crippen LogP contribution is 2.16. The Morgan fingerprint density at radius 1 is 1.15 bits per heavy atom. The molecule has 0 aliphatic heterocycles. The molecule has 0 aliphatic rings. The van der Waals surface area contributed by atoms with Crippen LogP contribution in [0, 0.1) is 13.8 Å². The van der Waals surface area contributed by atoms with E-state index in [4.69, 9.17) is 9.47 Å². The smallest absolute Gasteiger partial charge is 0.307 e. The minimum absolute atomic E-state index is 0.0917. The second-order valence-corrected chi connectivity index (χ2v) is 6.27. The zero-order chi connectivity index (χ0) is 19.6. The van der Waals surface area contributed by atoms with Gasteiger partial charge in [-0.2, -0.15) is 0 Å². The van der Waals surface area contributed by atoms with Gasteiger partial charge in [0, 0.05) is 25.5 Å². The van der Waals surface area contributed by atoms with E-state index in [-0.39, 0.29) is 31.4 Å². The standard InChI is InChI=1S/C21H26N2O4/c1-4-26-21(25)9-11-23(14-18-6-5-10-22-13-18)20(24)15-27-19-8-7-16(2)17(3)12-19/h5-8,10,12-13H,4,9,11,14-15H2,1-3H3. The molecule has 1 heterocycles. The fraction of sp³-hybridized carbons (Fsp3) is 0.381. The van der Waals surface area contributed by atoms with Crippen LogP contribution in [0.3, 0.4) is 0 Å². The fourth-order valence-electron chi connectivity index (χ4n) is 2.50. The van der Waals surface area contributed by atoms with Crippen LogP contribution >= 0.6 is 0 Å². The van der Waals surface area contributed by atoms with Crippen LogP contribution < -0.4 is 4.74 Å². The number of ether oxygens (including phenoxy) is 2. The number of pyridine rings is 1. The van der Waals surface area contributed by atoms with Crippen molar-refractivity contribution in [1.82, 2.24) is 9.88 Å². The van der Waals surface area contributed by atoms with Crippen LogP contribution in [0.25, 0.3) is 0 Å². The molecule has 0 saturated carbocycles. The van der Waals surface area contributed by atoms with Gasteiger partial charge >= 0.3 is 5.97 Å². The largest absolute Gasteiger partial charge is 0.484 e. The maximum atomic E-state index is 12.7. The lowest BCUT2D eigenvalue weighted by atomic mass is 10.1.